The van der Waals surface area contributed by atoms with Crippen LogP contribution in [-0.4, -0.2) is 75.2 Å². The van der Waals surface area contributed by atoms with Crippen LogP contribution in [0.1, 0.15) is 37.8 Å². The summed E-state index contributed by atoms with van der Waals surface area (Å²) in [6.07, 6.45) is -0.519. The van der Waals surface area contributed by atoms with Gasteiger partial charge in [0, 0.05) is 25.3 Å². The van der Waals surface area contributed by atoms with E-state index in [1.165, 1.54) is 10.9 Å². The summed E-state index contributed by atoms with van der Waals surface area (Å²) in [6, 6.07) is 9.71. The van der Waals surface area contributed by atoms with E-state index in [0.717, 1.165) is 30.8 Å². The summed E-state index contributed by atoms with van der Waals surface area (Å²) in [5.41, 5.74) is 1.08. The number of aliphatic hydroxyl groups is 1. The Kier molecular flexibility index (Phi) is 8.47. The van der Waals surface area contributed by atoms with Crippen LogP contribution in [-0.2, 0) is 16.1 Å². The number of amides is 1. The maximum Gasteiger partial charge on any atom is 0.392 e. The van der Waals surface area contributed by atoms with Crippen molar-refractivity contribution in [1.82, 2.24) is 24.3 Å². The van der Waals surface area contributed by atoms with Crippen molar-refractivity contribution >= 4 is 29.0 Å². The number of ether oxygens (including phenoxy) is 1. The highest BCUT2D eigenvalue weighted by atomic mass is 35.5. The van der Waals surface area contributed by atoms with Crippen molar-refractivity contribution in [2.24, 2.45) is 11.8 Å². The van der Waals surface area contributed by atoms with E-state index < -0.39 is 17.7 Å². The average Bonchev–Trinajstić information content (AvgIpc) is 3.62. The van der Waals surface area contributed by atoms with Gasteiger partial charge in [-0.2, -0.15) is 13.2 Å². The number of likely N-dealkylation sites (tertiary alicyclic amines) is 1. The molecule has 3 unspecified atom stereocenters. The standard InChI is InChI=1S/C23H26ClN5O4.C5H7F3/c24-20-11-18-21(29(20)17-3-1-16(2-4-17)19-12-33-10-7-25-19)26-14-28(22(18)31)13-23(32)5-8-27(15-30)9-6-23;1-3-2-4(3)5(6,7)8/h1-4,11,14-15,19,25,32H,5-10,12-13H2;3-4H,2H2,1H3. The lowest BCUT2D eigenvalue weighted by Gasteiger charge is -2.36. The number of nitrogens with zero attached hydrogens (tertiary/aromatic N) is 4. The fourth-order valence-corrected chi connectivity index (χ4v) is 5.67. The van der Waals surface area contributed by atoms with Crippen molar-refractivity contribution in [1.29, 1.82) is 0 Å². The zero-order valence-electron chi connectivity index (χ0n) is 22.6. The van der Waals surface area contributed by atoms with Gasteiger partial charge in [0.15, 0.2) is 5.65 Å². The van der Waals surface area contributed by atoms with Gasteiger partial charge in [0.1, 0.15) is 11.5 Å². The summed E-state index contributed by atoms with van der Waals surface area (Å²) in [5, 5.41) is 15.1. The van der Waals surface area contributed by atoms with E-state index in [1.54, 1.807) is 22.5 Å². The Balaban J connectivity index is 0.000000365. The van der Waals surface area contributed by atoms with Crippen LogP contribution in [0.2, 0.25) is 5.15 Å². The number of carbonyl (C=O) groups excluding carboxylic acids is 1. The largest absolute Gasteiger partial charge is 0.392 e. The lowest BCUT2D eigenvalue weighted by molar-refractivity contribution is -0.150. The topological polar surface area (TPSA) is 102 Å². The van der Waals surface area contributed by atoms with Crippen molar-refractivity contribution in [3.05, 3.63) is 57.7 Å². The van der Waals surface area contributed by atoms with E-state index in [2.05, 4.69) is 10.3 Å². The molecule has 3 aliphatic rings. The highest BCUT2D eigenvalue weighted by Gasteiger charge is 2.53. The third-order valence-electron chi connectivity index (χ3n) is 8.09. The van der Waals surface area contributed by atoms with Gasteiger partial charge in [0.25, 0.3) is 5.56 Å². The van der Waals surface area contributed by atoms with Crippen LogP contribution in [0.25, 0.3) is 16.7 Å². The number of benzene rings is 1. The number of carbonyl (C=O) groups is 1. The van der Waals surface area contributed by atoms with Gasteiger partial charge in [-0.15, -0.1) is 0 Å². The monoisotopic (exact) mass is 595 g/mol. The quantitative estimate of drug-likeness (QED) is 0.437. The predicted octanol–water partition coefficient (Wildman–Crippen LogP) is 3.69. The third-order valence-corrected chi connectivity index (χ3v) is 8.37. The summed E-state index contributed by atoms with van der Waals surface area (Å²) in [4.78, 5) is 30.2. The van der Waals surface area contributed by atoms with E-state index >= 15 is 0 Å². The molecule has 3 atom stereocenters. The normalized spacial score (nSPS) is 24.0. The molecule has 9 nitrogen and oxygen atoms in total. The van der Waals surface area contributed by atoms with E-state index in [4.69, 9.17) is 16.3 Å². The lowest BCUT2D eigenvalue weighted by Crippen LogP contribution is -2.47. The first-order valence-electron chi connectivity index (χ1n) is 13.7. The summed E-state index contributed by atoms with van der Waals surface area (Å²) in [7, 11) is 0. The maximum absolute atomic E-state index is 13.2. The number of nitrogens with one attached hydrogen (secondary N) is 1. The summed E-state index contributed by atoms with van der Waals surface area (Å²) in [5.74, 6) is -1.10. The molecule has 0 radical (unpaired) electrons. The fourth-order valence-electron chi connectivity index (χ4n) is 5.38. The second-order valence-corrected chi connectivity index (χ2v) is 11.5. The Bertz CT molecular complexity index is 1430. The zero-order chi connectivity index (χ0) is 29.4. The molecule has 2 aromatic heterocycles. The van der Waals surface area contributed by atoms with Gasteiger partial charge in [-0.05, 0) is 48.9 Å². The Morgan fingerprint density at radius 3 is 2.46 bits per heavy atom. The number of fused-ring (bicyclic) bond motifs is 1. The van der Waals surface area contributed by atoms with E-state index in [-0.39, 0.29) is 24.1 Å². The molecule has 4 heterocycles. The van der Waals surface area contributed by atoms with Crippen molar-refractivity contribution in [3.63, 3.8) is 0 Å². The molecule has 6 rings (SSSR count). The third kappa shape index (κ3) is 6.61. The first kappa shape index (κ1) is 29.6. The second kappa shape index (κ2) is 11.7. The molecule has 41 heavy (non-hydrogen) atoms. The van der Waals surface area contributed by atoms with Gasteiger partial charge in [-0.1, -0.05) is 30.7 Å². The van der Waals surface area contributed by atoms with Crippen LogP contribution in [0, 0.1) is 11.8 Å². The molecule has 0 spiro atoms. The number of piperidine rings is 1. The van der Waals surface area contributed by atoms with Gasteiger partial charge < -0.3 is 20.1 Å². The molecule has 3 aromatic rings. The van der Waals surface area contributed by atoms with E-state index in [9.17, 15) is 27.9 Å². The van der Waals surface area contributed by atoms with Crippen molar-refractivity contribution in [2.45, 2.75) is 50.6 Å². The van der Waals surface area contributed by atoms with Crippen molar-refractivity contribution < 1.29 is 27.8 Å². The minimum atomic E-state index is -3.92. The van der Waals surface area contributed by atoms with Crippen LogP contribution < -0.4 is 10.9 Å². The molecule has 2 N–H and O–H groups in total. The summed E-state index contributed by atoms with van der Waals surface area (Å²) >= 11 is 6.52. The lowest BCUT2D eigenvalue weighted by atomic mass is 9.91. The molecule has 13 heteroatoms. The van der Waals surface area contributed by atoms with Crippen LogP contribution in [0.5, 0.6) is 0 Å². The highest BCUT2D eigenvalue weighted by Crippen LogP contribution is 2.49. The summed E-state index contributed by atoms with van der Waals surface area (Å²) in [6.45, 7) is 4.84. The van der Waals surface area contributed by atoms with Crippen LogP contribution in [0.15, 0.2) is 41.5 Å². The minimum absolute atomic E-state index is 0.116. The molecule has 2 saturated heterocycles. The molecule has 2 aliphatic heterocycles. The zero-order valence-corrected chi connectivity index (χ0v) is 23.4. The van der Waals surface area contributed by atoms with Crippen molar-refractivity contribution in [2.75, 3.05) is 32.8 Å². The first-order chi connectivity index (χ1) is 19.5. The molecule has 1 saturated carbocycles. The minimum Gasteiger partial charge on any atom is -0.388 e. The molecule has 1 aromatic carbocycles. The molecule has 1 aliphatic carbocycles. The maximum atomic E-state index is 13.2. The molecule has 1 amide bonds. The number of rotatable bonds is 5. The number of aromatic nitrogens is 3. The molecule has 3 fully saturated rings. The van der Waals surface area contributed by atoms with Crippen LogP contribution in [0.3, 0.4) is 0 Å². The van der Waals surface area contributed by atoms with Crippen molar-refractivity contribution in [3.8, 4) is 5.69 Å². The second-order valence-electron chi connectivity index (χ2n) is 11.1. The first-order valence-corrected chi connectivity index (χ1v) is 14.0. The Labute approximate surface area is 239 Å². The number of morpholine rings is 1. The number of hydrogen-bond acceptors (Lipinski definition) is 6. The Morgan fingerprint density at radius 1 is 1.24 bits per heavy atom. The molecule has 0 bridgehead atoms. The van der Waals surface area contributed by atoms with Gasteiger partial charge in [0.2, 0.25) is 6.41 Å². The Morgan fingerprint density at radius 2 is 1.93 bits per heavy atom. The van der Waals surface area contributed by atoms with Crippen LogP contribution >= 0.6 is 11.6 Å². The van der Waals surface area contributed by atoms with Gasteiger partial charge in [0.05, 0.1) is 42.7 Å². The average molecular weight is 596 g/mol. The number of alkyl halides is 3. The molecular weight excluding hydrogens is 563 g/mol. The molecular formula is C28H33ClF3N5O4. The summed E-state index contributed by atoms with van der Waals surface area (Å²) < 4.78 is 43.2. The number of halogens is 4. The van der Waals surface area contributed by atoms with E-state index in [0.29, 0.717) is 55.1 Å². The van der Waals surface area contributed by atoms with E-state index in [1.807, 2.05) is 24.3 Å². The van der Waals surface area contributed by atoms with Crippen LogP contribution in [0.4, 0.5) is 13.2 Å². The SMILES string of the molecule is CC1CC1C(F)(F)F.O=CN1CCC(O)(Cn2cnc3c(cc(Cl)n3-c3ccc(C4COCCN4)cc3)c2=O)CC1. The number of hydrogen-bond donors (Lipinski definition) is 2. The smallest absolute Gasteiger partial charge is 0.388 e. The predicted molar refractivity (Wildman–Crippen MR) is 147 cm³/mol. The fraction of sp³-hybridized carbons (Fsp3) is 0.536. The Hall–Kier alpha value is -2.93. The van der Waals surface area contributed by atoms with Gasteiger partial charge in [-0.3, -0.25) is 18.7 Å². The highest BCUT2D eigenvalue weighted by molar-refractivity contribution is 6.31. The molecule has 222 valence electrons. The van der Waals surface area contributed by atoms with Gasteiger partial charge >= 0.3 is 6.18 Å². The van der Waals surface area contributed by atoms with Gasteiger partial charge in [-0.25, -0.2) is 4.98 Å².